The minimum Gasteiger partial charge on any atom is -0.301 e. The van der Waals surface area contributed by atoms with Gasteiger partial charge in [-0.3, -0.25) is 4.90 Å². The molecule has 1 rings (SSSR count). The van der Waals surface area contributed by atoms with Gasteiger partial charge in [-0.05, 0) is 39.2 Å². The molecule has 0 aromatic rings. The first-order valence-electron chi connectivity index (χ1n) is 6.66. The second kappa shape index (κ2) is 7.52. The van der Waals surface area contributed by atoms with Gasteiger partial charge in [0.15, 0.2) is 0 Å². The molecule has 0 bridgehead atoms. The average Bonchev–Trinajstić information content (AvgIpc) is 2.27. The fraction of sp³-hybridized carbons (Fsp3) is 1.00. The predicted octanol–water partition coefficient (Wildman–Crippen LogP) is 2.67. The van der Waals surface area contributed by atoms with Crippen LogP contribution in [0.25, 0.3) is 0 Å². The summed E-state index contributed by atoms with van der Waals surface area (Å²) >= 11 is 5.75. The largest absolute Gasteiger partial charge is 0.301 e. The number of piperazine rings is 1. The van der Waals surface area contributed by atoms with Gasteiger partial charge in [0, 0.05) is 38.1 Å². The van der Waals surface area contributed by atoms with Crippen molar-refractivity contribution in [1.29, 1.82) is 0 Å². The second-order valence-electron chi connectivity index (χ2n) is 5.34. The maximum atomic E-state index is 5.75. The van der Waals surface area contributed by atoms with Gasteiger partial charge in [0.2, 0.25) is 0 Å². The van der Waals surface area contributed by atoms with Crippen molar-refractivity contribution < 1.29 is 0 Å². The van der Waals surface area contributed by atoms with Crippen LogP contribution in [0.2, 0.25) is 0 Å². The molecule has 1 fully saturated rings. The Balaban J connectivity index is 2.12. The van der Waals surface area contributed by atoms with E-state index in [9.17, 15) is 0 Å². The number of halogens is 1. The van der Waals surface area contributed by atoms with E-state index in [0.717, 1.165) is 18.2 Å². The summed E-state index contributed by atoms with van der Waals surface area (Å²) in [6.07, 6.45) is 2.46. The summed E-state index contributed by atoms with van der Waals surface area (Å²) in [5.74, 6) is 1.59. The Hall–Kier alpha value is 0.210. The third kappa shape index (κ3) is 5.03. The van der Waals surface area contributed by atoms with Crippen LogP contribution in [0.3, 0.4) is 0 Å². The first kappa shape index (κ1) is 14.3. The first-order chi connectivity index (χ1) is 7.63. The van der Waals surface area contributed by atoms with Gasteiger partial charge in [0.25, 0.3) is 0 Å². The molecule has 0 aromatic heterocycles. The molecule has 0 aliphatic carbocycles. The third-order valence-corrected chi connectivity index (χ3v) is 3.90. The van der Waals surface area contributed by atoms with Gasteiger partial charge >= 0.3 is 0 Å². The molecule has 16 heavy (non-hydrogen) atoms. The molecule has 0 saturated carbocycles. The zero-order valence-electron chi connectivity index (χ0n) is 11.1. The highest BCUT2D eigenvalue weighted by Crippen LogP contribution is 2.11. The van der Waals surface area contributed by atoms with Crippen LogP contribution >= 0.6 is 11.6 Å². The Bertz CT molecular complexity index is 177. The van der Waals surface area contributed by atoms with Crippen LogP contribution < -0.4 is 0 Å². The van der Waals surface area contributed by atoms with Crippen molar-refractivity contribution in [3.63, 3.8) is 0 Å². The molecule has 1 aliphatic heterocycles. The van der Waals surface area contributed by atoms with Gasteiger partial charge in [-0.15, -0.1) is 11.6 Å². The maximum absolute atomic E-state index is 5.75. The maximum Gasteiger partial charge on any atom is 0.0225 e. The van der Waals surface area contributed by atoms with Crippen LogP contribution in [0.1, 0.15) is 33.6 Å². The number of hydrogen-bond acceptors (Lipinski definition) is 2. The zero-order chi connectivity index (χ0) is 12.0. The van der Waals surface area contributed by atoms with E-state index >= 15 is 0 Å². The fourth-order valence-corrected chi connectivity index (χ4v) is 2.61. The predicted molar refractivity (Wildman–Crippen MR) is 72.3 cm³/mol. The van der Waals surface area contributed by atoms with E-state index in [2.05, 4.69) is 30.6 Å². The van der Waals surface area contributed by atoms with Gasteiger partial charge in [0.1, 0.15) is 0 Å². The molecule has 1 unspecified atom stereocenters. The zero-order valence-corrected chi connectivity index (χ0v) is 11.8. The van der Waals surface area contributed by atoms with Crippen LogP contribution in [-0.2, 0) is 0 Å². The number of alkyl halides is 1. The van der Waals surface area contributed by atoms with Crippen molar-refractivity contribution in [2.75, 3.05) is 38.6 Å². The van der Waals surface area contributed by atoms with Gasteiger partial charge in [-0.2, -0.15) is 0 Å². The standard InChI is InChI=1S/C13H27ClN2/c1-12(2)16-10-8-15(9-11-16)7-5-13(3)4-6-14/h12-13H,4-11H2,1-3H3. The van der Waals surface area contributed by atoms with Crippen molar-refractivity contribution in [2.45, 2.75) is 39.7 Å². The summed E-state index contributed by atoms with van der Waals surface area (Å²) < 4.78 is 0. The smallest absolute Gasteiger partial charge is 0.0225 e. The quantitative estimate of drug-likeness (QED) is 0.665. The van der Waals surface area contributed by atoms with Crippen molar-refractivity contribution >= 4 is 11.6 Å². The lowest BCUT2D eigenvalue weighted by Gasteiger charge is -2.37. The van der Waals surface area contributed by atoms with Gasteiger partial charge in [0.05, 0.1) is 0 Å². The van der Waals surface area contributed by atoms with E-state index in [4.69, 9.17) is 11.6 Å². The highest BCUT2D eigenvalue weighted by Gasteiger charge is 2.18. The lowest BCUT2D eigenvalue weighted by Crippen LogP contribution is -2.49. The molecule has 0 radical (unpaired) electrons. The van der Waals surface area contributed by atoms with Crippen molar-refractivity contribution in [1.82, 2.24) is 9.80 Å². The lowest BCUT2D eigenvalue weighted by atomic mass is 10.0. The Morgan fingerprint density at radius 3 is 2.12 bits per heavy atom. The molecule has 1 aliphatic rings. The minimum absolute atomic E-state index is 0.706. The van der Waals surface area contributed by atoms with Crippen LogP contribution in [0.4, 0.5) is 0 Å². The molecule has 0 N–H and O–H groups in total. The summed E-state index contributed by atoms with van der Waals surface area (Å²) in [4.78, 5) is 5.17. The van der Waals surface area contributed by atoms with Gasteiger partial charge in [-0.1, -0.05) is 6.92 Å². The molecular weight excluding hydrogens is 220 g/mol. The third-order valence-electron chi connectivity index (χ3n) is 3.68. The molecule has 1 saturated heterocycles. The Kier molecular flexibility index (Phi) is 6.71. The molecule has 96 valence electrons. The topological polar surface area (TPSA) is 6.48 Å². The molecule has 1 heterocycles. The molecule has 0 spiro atoms. The Labute approximate surface area is 106 Å². The first-order valence-corrected chi connectivity index (χ1v) is 7.19. The van der Waals surface area contributed by atoms with E-state index < -0.39 is 0 Å². The van der Waals surface area contributed by atoms with Crippen LogP contribution in [-0.4, -0.2) is 54.4 Å². The fourth-order valence-electron chi connectivity index (χ4n) is 2.24. The highest BCUT2D eigenvalue weighted by atomic mass is 35.5. The van der Waals surface area contributed by atoms with Crippen LogP contribution in [0.5, 0.6) is 0 Å². The monoisotopic (exact) mass is 246 g/mol. The van der Waals surface area contributed by atoms with E-state index in [1.807, 2.05) is 0 Å². The Morgan fingerprint density at radius 2 is 1.62 bits per heavy atom. The summed E-state index contributed by atoms with van der Waals surface area (Å²) in [6, 6.07) is 0.706. The van der Waals surface area contributed by atoms with Crippen LogP contribution in [0.15, 0.2) is 0 Å². The average molecular weight is 247 g/mol. The molecule has 3 heteroatoms. The summed E-state index contributed by atoms with van der Waals surface area (Å²) in [5, 5.41) is 0. The summed E-state index contributed by atoms with van der Waals surface area (Å²) in [5.41, 5.74) is 0. The molecule has 0 aromatic carbocycles. The van der Waals surface area contributed by atoms with Crippen molar-refractivity contribution in [3.05, 3.63) is 0 Å². The normalized spacial score (nSPS) is 21.6. The molecule has 2 nitrogen and oxygen atoms in total. The van der Waals surface area contributed by atoms with E-state index in [0.29, 0.717) is 6.04 Å². The highest BCUT2D eigenvalue weighted by molar-refractivity contribution is 6.17. The lowest BCUT2D eigenvalue weighted by molar-refractivity contribution is 0.104. The summed E-state index contributed by atoms with van der Waals surface area (Å²) in [7, 11) is 0. The molecule has 1 atom stereocenters. The van der Waals surface area contributed by atoms with Crippen molar-refractivity contribution in [3.8, 4) is 0 Å². The van der Waals surface area contributed by atoms with Crippen molar-refractivity contribution in [2.24, 2.45) is 5.92 Å². The SMILES string of the molecule is CC(CCCl)CCN1CCN(C(C)C)CC1. The van der Waals surface area contributed by atoms with Gasteiger partial charge in [-0.25, -0.2) is 0 Å². The van der Waals surface area contributed by atoms with Crippen LogP contribution in [0, 0.1) is 5.92 Å². The number of nitrogens with zero attached hydrogens (tertiary/aromatic N) is 2. The Morgan fingerprint density at radius 1 is 1.00 bits per heavy atom. The van der Waals surface area contributed by atoms with E-state index in [1.165, 1.54) is 39.1 Å². The number of rotatable bonds is 6. The van der Waals surface area contributed by atoms with Gasteiger partial charge < -0.3 is 4.90 Å². The minimum atomic E-state index is 0.706. The summed E-state index contributed by atoms with van der Waals surface area (Å²) in [6.45, 7) is 13.1. The van der Waals surface area contributed by atoms with E-state index in [-0.39, 0.29) is 0 Å². The second-order valence-corrected chi connectivity index (χ2v) is 5.72. The molecular formula is C13H27ClN2. The van der Waals surface area contributed by atoms with E-state index in [1.54, 1.807) is 0 Å². The number of hydrogen-bond donors (Lipinski definition) is 0. The molecule has 0 amide bonds.